The smallest absolute Gasteiger partial charge is 0.273 e. The van der Waals surface area contributed by atoms with Crippen molar-refractivity contribution in [1.82, 2.24) is 20.6 Å². The average molecular weight is 419 g/mol. The molecule has 4 N–H and O–H groups in total. The highest BCUT2D eigenvalue weighted by atomic mass is 16.6. The third-order valence-corrected chi connectivity index (χ3v) is 4.72. The molecule has 1 aliphatic heterocycles. The zero-order valence-electron chi connectivity index (χ0n) is 16.8. The molecule has 0 radical (unpaired) electrons. The number of nitrogens with zero attached hydrogens (tertiary/aromatic N) is 2. The molecule has 158 valence electrons. The van der Waals surface area contributed by atoms with Gasteiger partial charge in [-0.2, -0.15) is 0 Å². The first-order valence-corrected chi connectivity index (χ1v) is 9.67. The summed E-state index contributed by atoms with van der Waals surface area (Å²) in [6, 6.07) is 12.5. The third-order valence-electron chi connectivity index (χ3n) is 4.72. The monoisotopic (exact) mass is 419 g/mol. The van der Waals surface area contributed by atoms with Crippen LogP contribution in [0.25, 0.3) is 11.3 Å². The molecule has 0 saturated heterocycles. The summed E-state index contributed by atoms with van der Waals surface area (Å²) >= 11 is 0. The molecule has 0 atom stereocenters. The van der Waals surface area contributed by atoms with Gasteiger partial charge >= 0.3 is 0 Å². The maximum Gasteiger partial charge on any atom is 0.273 e. The summed E-state index contributed by atoms with van der Waals surface area (Å²) in [7, 11) is 1.49. The fourth-order valence-corrected chi connectivity index (χ4v) is 3.12. The summed E-state index contributed by atoms with van der Waals surface area (Å²) in [6.07, 6.45) is 1.47. The minimum atomic E-state index is -0.430. The molecule has 3 aromatic rings. The molecule has 31 heavy (non-hydrogen) atoms. The normalized spacial score (nSPS) is 12.2. The molecule has 2 aromatic carbocycles. The number of amides is 2. The van der Waals surface area contributed by atoms with Crippen LogP contribution in [0.15, 0.2) is 48.7 Å². The average Bonchev–Trinajstić information content (AvgIpc) is 2.82. The van der Waals surface area contributed by atoms with Gasteiger partial charge in [0.1, 0.15) is 13.2 Å². The van der Waals surface area contributed by atoms with Crippen molar-refractivity contribution < 1.29 is 19.1 Å². The number of ether oxygens (including phenoxy) is 2. The van der Waals surface area contributed by atoms with E-state index in [1.165, 1.54) is 13.2 Å². The molecule has 2 heterocycles. The summed E-state index contributed by atoms with van der Waals surface area (Å²) in [4.78, 5) is 32.9. The molecule has 0 bridgehead atoms. The number of rotatable bonds is 5. The molecule has 9 heteroatoms. The van der Waals surface area contributed by atoms with Crippen molar-refractivity contribution in [1.29, 1.82) is 0 Å². The first-order valence-electron chi connectivity index (χ1n) is 9.67. The maximum atomic E-state index is 12.7. The quantitative estimate of drug-likeness (QED) is 0.575. The lowest BCUT2D eigenvalue weighted by Gasteiger charge is -2.19. The molecule has 1 aromatic heterocycles. The Balaban J connectivity index is 1.49. The third kappa shape index (κ3) is 4.40. The van der Waals surface area contributed by atoms with Crippen molar-refractivity contribution in [2.45, 2.75) is 6.54 Å². The van der Waals surface area contributed by atoms with Crippen LogP contribution in [0.3, 0.4) is 0 Å². The lowest BCUT2D eigenvalue weighted by molar-refractivity contribution is 0.0945. The highest BCUT2D eigenvalue weighted by Crippen LogP contribution is 2.30. The van der Waals surface area contributed by atoms with Gasteiger partial charge in [-0.1, -0.05) is 18.2 Å². The highest BCUT2D eigenvalue weighted by Gasteiger charge is 2.15. The number of benzene rings is 2. The van der Waals surface area contributed by atoms with E-state index in [1.54, 1.807) is 24.3 Å². The first kappa shape index (κ1) is 20.1. The summed E-state index contributed by atoms with van der Waals surface area (Å²) in [5.74, 6) is 0.742. The Morgan fingerprint density at radius 3 is 2.68 bits per heavy atom. The Morgan fingerprint density at radius 2 is 1.87 bits per heavy atom. The van der Waals surface area contributed by atoms with Gasteiger partial charge in [0.2, 0.25) is 0 Å². The number of aromatic nitrogens is 2. The van der Waals surface area contributed by atoms with Gasteiger partial charge in [-0.3, -0.25) is 9.59 Å². The van der Waals surface area contributed by atoms with E-state index in [1.807, 2.05) is 18.2 Å². The van der Waals surface area contributed by atoms with Gasteiger partial charge in [0.05, 0.1) is 11.9 Å². The topological polar surface area (TPSA) is 128 Å². The SMILES string of the molecule is CNC(=O)c1nc(-c2cccc(C(=O)NCc3ccc4c(c3)OCCO4)c2)cnc1N. The summed E-state index contributed by atoms with van der Waals surface area (Å²) < 4.78 is 11.1. The number of carbonyl (C=O) groups is 2. The number of carbonyl (C=O) groups excluding carboxylic acids is 2. The van der Waals surface area contributed by atoms with Crippen molar-refractivity contribution in [3.63, 3.8) is 0 Å². The number of fused-ring (bicyclic) bond motifs is 1. The number of nitrogens with one attached hydrogen (secondary N) is 2. The summed E-state index contributed by atoms with van der Waals surface area (Å²) in [6.45, 7) is 1.37. The van der Waals surface area contributed by atoms with E-state index in [9.17, 15) is 9.59 Å². The number of anilines is 1. The Bertz CT molecular complexity index is 1150. The van der Waals surface area contributed by atoms with Gasteiger partial charge in [0, 0.05) is 24.7 Å². The van der Waals surface area contributed by atoms with Crippen LogP contribution in [0.4, 0.5) is 5.82 Å². The molecular formula is C22H21N5O4. The Labute approximate surface area is 178 Å². The number of hydrogen-bond acceptors (Lipinski definition) is 7. The van der Waals surface area contributed by atoms with Gasteiger partial charge in [-0.05, 0) is 29.8 Å². The molecule has 0 fully saturated rings. The lowest BCUT2D eigenvalue weighted by atomic mass is 10.1. The predicted molar refractivity (Wildman–Crippen MR) is 114 cm³/mol. The van der Waals surface area contributed by atoms with Crippen molar-refractivity contribution in [3.8, 4) is 22.8 Å². The molecule has 0 spiro atoms. The van der Waals surface area contributed by atoms with Crippen LogP contribution < -0.4 is 25.8 Å². The molecule has 4 rings (SSSR count). The minimum absolute atomic E-state index is 0.0356. The van der Waals surface area contributed by atoms with Crippen molar-refractivity contribution in [3.05, 3.63) is 65.5 Å². The van der Waals surface area contributed by atoms with Crippen LogP contribution in [-0.4, -0.2) is 42.0 Å². The summed E-state index contributed by atoms with van der Waals surface area (Å²) in [5, 5.41) is 5.37. The first-order chi connectivity index (χ1) is 15.0. The fourth-order valence-electron chi connectivity index (χ4n) is 3.12. The second-order valence-electron chi connectivity index (χ2n) is 6.81. The molecular weight excluding hydrogens is 398 g/mol. The number of nitrogen functional groups attached to an aromatic ring is 1. The zero-order chi connectivity index (χ0) is 21.8. The van der Waals surface area contributed by atoms with Gasteiger partial charge in [0.15, 0.2) is 23.0 Å². The molecule has 1 aliphatic rings. The molecule has 9 nitrogen and oxygen atoms in total. The lowest BCUT2D eigenvalue weighted by Crippen LogP contribution is -2.23. The van der Waals surface area contributed by atoms with Crippen LogP contribution in [-0.2, 0) is 6.54 Å². The highest BCUT2D eigenvalue weighted by molar-refractivity contribution is 5.97. The number of hydrogen-bond donors (Lipinski definition) is 3. The van der Waals surface area contributed by atoms with E-state index >= 15 is 0 Å². The van der Waals surface area contributed by atoms with Gasteiger partial charge in [0.25, 0.3) is 11.8 Å². The Hall–Kier alpha value is -4.14. The van der Waals surface area contributed by atoms with E-state index in [-0.39, 0.29) is 17.4 Å². The zero-order valence-corrected chi connectivity index (χ0v) is 16.8. The molecule has 0 unspecified atom stereocenters. The predicted octanol–water partition coefficient (Wildman–Crippen LogP) is 1.79. The van der Waals surface area contributed by atoms with E-state index in [0.717, 1.165) is 5.56 Å². The fraction of sp³-hybridized carbons (Fsp3) is 0.182. The summed E-state index contributed by atoms with van der Waals surface area (Å²) in [5.41, 5.74) is 8.21. The van der Waals surface area contributed by atoms with Gasteiger partial charge in [-0.15, -0.1) is 0 Å². The van der Waals surface area contributed by atoms with Crippen LogP contribution in [0.5, 0.6) is 11.5 Å². The standard InChI is InChI=1S/C22H21N5O4/c1-24-22(29)19-20(23)25-12-16(27-19)14-3-2-4-15(10-14)21(28)26-11-13-5-6-17-18(9-13)31-8-7-30-17/h2-6,9-10,12H,7-8,11H2,1H3,(H2,23,25)(H,24,29)(H,26,28). The van der Waals surface area contributed by atoms with Crippen LogP contribution >= 0.6 is 0 Å². The molecule has 2 amide bonds. The van der Waals surface area contributed by atoms with Crippen LogP contribution in [0.2, 0.25) is 0 Å². The maximum absolute atomic E-state index is 12.7. The van der Waals surface area contributed by atoms with Crippen LogP contribution in [0, 0.1) is 0 Å². The van der Waals surface area contributed by atoms with Gasteiger partial charge in [-0.25, -0.2) is 9.97 Å². The molecule has 0 aliphatic carbocycles. The largest absolute Gasteiger partial charge is 0.486 e. The van der Waals surface area contributed by atoms with Crippen molar-refractivity contribution >= 4 is 17.6 Å². The van der Waals surface area contributed by atoms with E-state index in [4.69, 9.17) is 15.2 Å². The Kier molecular flexibility index (Phi) is 5.65. The minimum Gasteiger partial charge on any atom is -0.486 e. The Morgan fingerprint density at radius 1 is 1.06 bits per heavy atom. The van der Waals surface area contributed by atoms with E-state index < -0.39 is 5.91 Å². The number of nitrogens with two attached hydrogens (primary N) is 1. The molecule has 0 saturated carbocycles. The van der Waals surface area contributed by atoms with Crippen molar-refractivity contribution in [2.75, 3.05) is 26.0 Å². The van der Waals surface area contributed by atoms with Crippen LogP contribution in [0.1, 0.15) is 26.4 Å². The van der Waals surface area contributed by atoms with Gasteiger partial charge < -0.3 is 25.8 Å². The van der Waals surface area contributed by atoms with E-state index in [2.05, 4.69) is 20.6 Å². The second-order valence-corrected chi connectivity index (χ2v) is 6.81. The second kappa shape index (κ2) is 8.70. The van der Waals surface area contributed by atoms with Crippen molar-refractivity contribution in [2.24, 2.45) is 0 Å². The van der Waals surface area contributed by atoms with E-state index in [0.29, 0.717) is 48.1 Å².